The average Bonchev–Trinajstić information content (AvgIpc) is 3.02. The molecule has 5 heteroatoms. The highest BCUT2D eigenvalue weighted by Crippen LogP contribution is 2.19. The molecule has 5 nitrogen and oxygen atoms in total. The smallest absolute Gasteiger partial charge is 0.228 e. The Morgan fingerprint density at radius 3 is 2.73 bits per heavy atom. The minimum atomic E-state index is -0.0682. The van der Waals surface area contributed by atoms with Gasteiger partial charge >= 0.3 is 0 Å². The van der Waals surface area contributed by atoms with Crippen LogP contribution in [0.15, 0.2) is 42.6 Å². The number of rotatable bonds is 4. The summed E-state index contributed by atoms with van der Waals surface area (Å²) in [6.45, 7) is 2.13. The van der Waals surface area contributed by atoms with Crippen LogP contribution in [0.5, 0.6) is 0 Å². The quantitative estimate of drug-likeness (QED) is 0.850. The van der Waals surface area contributed by atoms with Gasteiger partial charge in [0.05, 0.1) is 18.3 Å². The number of carbonyl (C=O) groups excluding carboxylic acids is 1. The van der Waals surface area contributed by atoms with E-state index >= 15 is 0 Å². The van der Waals surface area contributed by atoms with Gasteiger partial charge in [-0.25, -0.2) is 4.98 Å². The molecule has 1 aromatic heterocycles. The van der Waals surface area contributed by atoms with Crippen LogP contribution in [-0.4, -0.2) is 24.0 Å². The molecular formula is C17H20N4O. The molecule has 0 spiro atoms. The molecule has 1 fully saturated rings. The van der Waals surface area contributed by atoms with Gasteiger partial charge in [-0.3, -0.25) is 4.79 Å². The molecule has 1 amide bonds. The Labute approximate surface area is 130 Å². The molecule has 2 aromatic rings. The monoisotopic (exact) mass is 296 g/mol. The second kappa shape index (κ2) is 6.47. The number of anilines is 3. The van der Waals surface area contributed by atoms with E-state index < -0.39 is 0 Å². The summed E-state index contributed by atoms with van der Waals surface area (Å²) in [6, 6.07) is 11.2. The molecule has 1 aliphatic heterocycles. The first-order valence-electron chi connectivity index (χ1n) is 7.56. The number of aromatic nitrogens is 1. The number of nitrogens with one attached hydrogen (secondary N) is 1. The molecule has 114 valence electrons. The summed E-state index contributed by atoms with van der Waals surface area (Å²) in [5.74, 6) is 0.910. The van der Waals surface area contributed by atoms with Gasteiger partial charge in [-0.05, 0) is 42.7 Å². The molecule has 1 aliphatic rings. The summed E-state index contributed by atoms with van der Waals surface area (Å²) in [6.07, 6.45) is 4.46. The van der Waals surface area contributed by atoms with E-state index in [-0.39, 0.29) is 5.91 Å². The molecule has 3 rings (SSSR count). The van der Waals surface area contributed by atoms with Crippen LogP contribution < -0.4 is 16.0 Å². The maximum absolute atomic E-state index is 12.0. The van der Waals surface area contributed by atoms with Crippen LogP contribution in [0.3, 0.4) is 0 Å². The second-order valence-electron chi connectivity index (χ2n) is 5.57. The highest BCUT2D eigenvalue weighted by molar-refractivity contribution is 5.92. The summed E-state index contributed by atoms with van der Waals surface area (Å²) in [4.78, 5) is 18.7. The van der Waals surface area contributed by atoms with E-state index in [0.29, 0.717) is 12.1 Å². The van der Waals surface area contributed by atoms with Crippen LogP contribution in [0.4, 0.5) is 17.2 Å². The summed E-state index contributed by atoms with van der Waals surface area (Å²) >= 11 is 0. The molecule has 3 N–H and O–H groups in total. The van der Waals surface area contributed by atoms with Gasteiger partial charge in [0.25, 0.3) is 0 Å². The van der Waals surface area contributed by atoms with Gasteiger partial charge in [-0.2, -0.15) is 0 Å². The number of hydrogen-bond acceptors (Lipinski definition) is 4. The first-order chi connectivity index (χ1) is 10.7. The SMILES string of the molecule is Nc1cccc(CC(=O)Nc2ccc(N3CCCC3)nc2)c1. The number of nitrogen functional groups attached to an aromatic ring is 1. The Hall–Kier alpha value is -2.56. The third-order valence-corrected chi connectivity index (χ3v) is 3.78. The van der Waals surface area contributed by atoms with Crippen molar-refractivity contribution in [3.05, 3.63) is 48.2 Å². The van der Waals surface area contributed by atoms with Crippen molar-refractivity contribution in [1.29, 1.82) is 0 Å². The standard InChI is InChI=1S/C17H20N4O/c18-14-5-3-4-13(10-14)11-17(22)20-15-6-7-16(19-12-15)21-8-1-2-9-21/h3-7,10,12H,1-2,8-9,11,18H2,(H,20,22). The lowest BCUT2D eigenvalue weighted by Crippen LogP contribution is -2.19. The van der Waals surface area contributed by atoms with Gasteiger partial charge < -0.3 is 16.0 Å². The first kappa shape index (κ1) is 14.4. The van der Waals surface area contributed by atoms with E-state index in [2.05, 4.69) is 15.2 Å². The van der Waals surface area contributed by atoms with Gasteiger partial charge in [-0.1, -0.05) is 12.1 Å². The zero-order valence-corrected chi connectivity index (χ0v) is 12.5. The highest BCUT2D eigenvalue weighted by Gasteiger charge is 2.13. The van der Waals surface area contributed by atoms with Crippen molar-refractivity contribution < 1.29 is 4.79 Å². The fraction of sp³-hybridized carbons (Fsp3) is 0.294. The normalized spacial score (nSPS) is 14.1. The predicted octanol–water partition coefficient (Wildman–Crippen LogP) is 2.45. The van der Waals surface area contributed by atoms with E-state index in [9.17, 15) is 4.79 Å². The Kier molecular flexibility index (Phi) is 4.23. The third kappa shape index (κ3) is 3.55. The Bertz CT molecular complexity index is 648. The molecule has 1 aromatic carbocycles. The fourth-order valence-electron chi connectivity index (χ4n) is 2.69. The summed E-state index contributed by atoms with van der Waals surface area (Å²) in [5.41, 5.74) is 8.01. The van der Waals surface area contributed by atoms with Crippen molar-refractivity contribution in [2.24, 2.45) is 0 Å². The number of benzene rings is 1. The topological polar surface area (TPSA) is 71.2 Å². The van der Waals surface area contributed by atoms with E-state index in [1.807, 2.05) is 36.4 Å². The second-order valence-corrected chi connectivity index (χ2v) is 5.57. The average molecular weight is 296 g/mol. The van der Waals surface area contributed by atoms with Crippen molar-refractivity contribution >= 4 is 23.1 Å². The molecule has 0 atom stereocenters. The van der Waals surface area contributed by atoms with Gasteiger partial charge in [0.15, 0.2) is 0 Å². The summed E-state index contributed by atoms with van der Waals surface area (Å²) in [7, 11) is 0. The molecule has 1 saturated heterocycles. The van der Waals surface area contributed by atoms with Crippen LogP contribution in [-0.2, 0) is 11.2 Å². The number of hydrogen-bond donors (Lipinski definition) is 2. The first-order valence-corrected chi connectivity index (χ1v) is 7.56. The van der Waals surface area contributed by atoms with Crippen LogP contribution in [0.25, 0.3) is 0 Å². The maximum atomic E-state index is 12.0. The molecule has 0 aliphatic carbocycles. The van der Waals surface area contributed by atoms with E-state index in [4.69, 9.17) is 5.73 Å². The van der Waals surface area contributed by atoms with Gasteiger partial charge in [0, 0.05) is 18.8 Å². The van der Waals surface area contributed by atoms with Crippen molar-refractivity contribution in [3.8, 4) is 0 Å². The summed E-state index contributed by atoms with van der Waals surface area (Å²) in [5, 5.41) is 2.87. The van der Waals surface area contributed by atoms with E-state index in [1.165, 1.54) is 12.8 Å². The zero-order chi connectivity index (χ0) is 15.4. The van der Waals surface area contributed by atoms with Crippen molar-refractivity contribution in [3.63, 3.8) is 0 Å². The van der Waals surface area contributed by atoms with Crippen LogP contribution in [0.1, 0.15) is 18.4 Å². The van der Waals surface area contributed by atoms with Crippen molar-refractivity contribution in [2.75, 3.05) is 29.0 Å². The predicted molar refractivity (Wildman–Crippen MR) is 88.9 cm³/mol. The Morgan fingerprint density at radius 1 is 1.23 bits per heavy atom. The van der Waals surface area contributed by atoms with Crippen LogP contribution >= 0.6 is 0 Å². The minimum absolute atomic E-state index is 0.0682. The molecule has 0 unspecified atom stereocenters. The third-order valence-electron chi connectivity index (χ3n) is 3.78. The number of nitrogens with two attached hydrogens (primary N) is 1. The molecular weight excluding hydrogens is 276 g/mol. The number of nitrogens with zero attached hydrogens (tertiary/aromatic N) is 2. The lowest BCUT2D eigenvalue weighted by Gasteiger charge is -2.16. The molecule has 0 saturated carbocycles. The van der Waals surface area contributed by atoms with Gasteiger partial charge in [0.1, 0.15) is 5.82 Å². The van der Waals surface area contributed by atoms with Gasteiger partial charge in [-0.15, -0.1) is 0 Å². The Balaban J connectivity index is 1.59. The van der Waals surface area contributed by atoms with E-state index in [0.717, 1.165) is 30.2 Å². The minimum Gasteiger partial charge on any atom is -0.399 e. The Morgan fingerprint density at radius 2 is 2.05 bits per heavy atom. The lowest BCUT2D eigenvalue weighted by molar-refractivity contribution is -0.115. The summed E-state index contributed by atoms with van der Waals surface area (Å²) < 4.78 is 0. The number of amides is 1. The van der Waals surface area contributed by atoms with Crippen molar-refractivity contribution in [1.82, 2.24) is 4.98 Å². The molecule has 0 radical (unpaired) electrons. The molecule has 22 heavy (non-hydrogen) atoms. The lowest BCUT2D eigenvalue weighted by atomic mass is 10.1. The van der Waals surface area contributed by atoms with Crippen molar-refractivity contribution in [2.45, 2.75) is 19.3 Å². The number of pyridine rings is 1. The maximum Gasteiger partial charge on any atom is 0.228 e. The van der Waals surface area contributed by atoms with Crippen LogP contribution in [0, 0.1) is 0 Å². The fourth-order valence-corrected chi connectivity index (χ4v) is 2.69. The highest BCUT2D eigenvalue weighted by atomic mass is 16.1. The molecule has 2 heterocycles. The number of carbonyl (C=O) groups is 1. The van der Waals surface area contributed by atoms with E-state index in [1.54, 1.807) is 6.20 Å². The zero-order valence-electron chi connectivity index (χ0n) is 12.5. The molecule has 0 bridgehead atoms. The van der Waals surface area contributed by atoms with Crippen LogP contribution in [0.2, 0.25) is 0 Å². The largest absolute Gasteiger partial charge is 0.399 e. The van der Waals surface area contributed by atoms with Gasteiger partial charge in [0.2, 0.25) is 5.91 Å².